The molecule has 1 heterocycles. The molecule has 2 aromatic rings. The monoisotopic (exact) mass is 368 g/mol. The molecule has 0 aliphatic heterocycles. The fourth-order valence-electron chi connectivity index (χ4n) is 1.56. The van der Waals surface area contributed by atoms with Gasteiger partial charge in [0.2, 0.25) is 0 Å². The van der Waals surface area contributed by atoms with Gasteiger partial charge >= 0.3 is 0 Å². The van der Waals surface area contributed by atoms with Gasteiger partial charge in [-0.3, -0.25) is 10.1 Å². The normalized spacial score (nSPS) is 10.0. The van der Waals surface area contributed by atoms with Crippen LogP contribution in [-0.4, -0.2) is 17.6 Å². The molecular formula is C14H13BrN2O3S. The first-order chi connectivity index (χ1) is 10.1. The molecule has 0 saturated heterocycles. The van der Waals surface area contributed by atoms with Gasteiger partial charge in [-0.2, -0.15) is 0 Å². The maximum Gasteiger partial charge on any atom is 0.293 e. The summed E-state index contributed by atoms with van der Waals surface area (Å²) in [5, 5.41) is 5.63. The van der Waals surface area contributed by atoms with Gasteiger partial charge in [0, 0.05) is 5.69 Å². The molecule has 0 radical (unpaired) electrons. The standard InChI is InChI=1S/C14H13BrN2O3S/c1-2-19-10-5-3-9(4-6-10)16-14(21)17-13(18)11-7-8-12(15)20-11/h3-8H,2H2,1H3,(H2,16,17,18,21). The third-order valence-electron chi connectivity index (χ3n) is 2.45. The van der Waals surface area contributed by atoms with Crippen molar-refractivity contribution in [1.82, 2.24) is 5.32 Å². The summed E-state index contributed by atoms with van der Waals surface area (Å²) in [6.45, 7) is 2.53. The van der Waals surface area contributed by atoms with Crippen LogP contribution in [0.2, 0.25) is 0 Å². The molecule has 2 rings (SSSR count). The molecule has 0 saturated carbocycles. The number of nitrogens with one attached hydrogen (secondary N) is 2. The lowest BCUT2D eigenvalue weighted by Crippen LogP contribution is -2.33. The van der Waals surface area contributed by atoms with Crippen LogP contribution in [0.25, 0.3) is 0 Å². The quantitative estimate of drug-likeness (QED) is 0.807. The van der Waals surface area contributed by atoms with Crippen molar-refractivity contribution >= 4 is 44.9 Å². The zero-order chi connectivity index (χ0) is 15.2. The van der Waals surface area contributed by atoms with E-state index >= 15 is 0 Å². The first-order valence-electron chi connectivity index (χ1n) is 6.19. The predicted molar refractivity (Wildman–Crippen MR) is 87.7 cm³/mol. The Hall–Kier alpha value is -1.86. The van der Waals surface area contributed by atoms with Crippen molar-refractivity contribution in [3.63, 3.8) is 0 Å². The average Bonchev–Trinajstić information content (AvgIpc) is 2.88. The smallest absolute Gasteiger partial charge is 0.293 e. The van der Waals surface area contributed by atoms with E-state index in [1.54, 1.807) is 12.1 Å². The number of halogens is 1. The minimum atomic E-state index is -0.413. The van der Waals surface area contributed by atoms with E-state index in [1.165, 1.54) is 0 Å². The largest absolute Gasteiger partial charge is 0.494 e. The lowest BCUT2D eigenvalue weighted by atomic mass is 10.3. The molecule has 0 spiro atoms. The summed E-state index contributed by atoms with van der Waals surface area (Å²) in [4.78, 5) is 11.8. The van der Waals surface area contributed by atoms with E-state index < -0.39 is 5.91 Å². The van der Waals surface area contributed by atoms with Crippen LogP contribution in [0.3, 0.4) is 0 Å². The van der Waals surface area contributed by atoms with Crippen molar-refractivity contribution in [1.29, 1.82) is 0 Å². The molecular weight excluding hydrogens is 356 g/mol. The predicted octanol–water partition coefficient (Wildman–Crippen LogP) is 3.57. The van der Waals surface area contributed by atoms with Crippen LogP contribution in [0, 0.1) is 0 Å². The molecule has 21 heavy (non-hydrogen) atoms. The molecule has 1 aromatic heterocycles. The number of benzene rings is 1. The molecule has 1 amide bonds. The molecule has 0 aliphatic carbocycles. The van der Waals surface area contributed by atoms with Crippen LogP contribution >= 0.6 is 28.1 Å². The first-order valence-corrected chi connectivity index (χ1v) is 7.39. The highest BCUT2D eigenvalue weighted by molar-refractivity contribution is 9.10. The van der Waals surface area contributed by atoms with Gasteiger partial charge in [-0.05, 0) is 71.5 Å². The highest BCUT2D eigenvalue weighted by atomic mass is 79.9. The van der Waals surface area contributed by atoms with Crippen molar-refractivity contribution in [2.45, 2.75) is 6.92 Å². The number of thiocarbonyl (C=S) groups is 1. The highest BCUT2D eigenvalue weighted by Gasteiger charge is 2.12. The fourth-order valence-corrected chi connectivity index (χ4v) is 2.08. The second-order valence-electron chi connectivity index (χ2n) is 3.97. The van der Waals surface area contributed by atoms with Crippen molar-refractivity contribution in [3.05, 3.63) is 46.8 Å². The number of amides is 1. The SMILES string of the molecule is CCOc1ccc(NC(=S)NC(=O)c2ccc(Br)o2)cc1. The summed E-state index contributed by atoms with van der Waals surface area (Å²) in [7, 11) is 0. The Kier molecular flexibility index (Phi) is 5.35. The Morgan fingerprint density at radius 3 is 2.57 bits per heavy atom. The van der Waals surface area contributed by atoms with E-state index in [0.717, 1.165) is 11.4 Å². The van der Waals surface area contributed by atoms with Crippen molar-refractivity contribution in [2.75, 3.05) is 11.9 Å². The van der Waals surface area contributed by atoms with Crippen LogP contribution in [0.4, 0.5) is 5.69 Å². The zero-order valence-electron chi connectivity index (χ0n) is 11.2. The van der Waals surface area contributed by atoms with Crippen LogP contribution in [0.5, 0.6) is 5.75 Å². The minimum absolute atomic E-state index is 0.178. The van der Waals surface area contributed by atoms with Gasteiger partial charge in [0.15, 0.2) is 15.5 Å². The van der Waals surface area contributed by atoms with E-state index in [9.17, 15) is 4.79 Å². The Balaban J connectivity index is 1.90. The van der Waals surface area contributed by atoms with Gasteiger partial charge in [0.05, 0.1) is 6.61 Å². The lowest BCUT2D eigenvalue weighted by Gasteiger charge is -2.09. The van der Waals surface area contributed by atoms with Crippen LogP contribution in [0.15, 0.2) is 45.5 Å². The number of anilines is 1. The van der Waals surface area contributed by atoms with Gasteiger partial charge in [0.25, 0.3) is 5.91 Å². The molecule has 0 bridgehead atoms. The molecule has 7 heteroatoms. The van der Waals surface area contributed by atoms with Gasteiger partial charge < -0.3 is 14.5 Å². The summed E-state index contributed by atoms with van der Waals surface area (Å²) in [6, 6.07) is 10.5. The molecule has 5 nitrogen and oxygen atoms in total. The summed E-state index contributed by atoms with van der Waals surface area (Å²) in [6.07, 6.45) is 0. The number of hydrogen-bond donors (Lipinski definition) is 2. The number of carbonyl (C=O) groups is 1. The van der Waals surface area contributed by atoms with E-state index in [0.29, 0.717) is 11.3 Å². The second kappa shape index (κ2) is 7.24. The zero-order valence-corrected chi connectivity index (χ0v) is 13.6. The van der Waals surface area contributed by atoms with Gasteiger partial charge in [-0.15, -0.1) is 0 Å². The van der Waals surface area contributed by atoms with E-state index in [1.807, 2.05) is 31.2 Å². The fraction of sp³-hybridized carbons (Fsp3) is 0.143. The summed E-state index contributed by atoms with van der Waals surface area (Å²) in [5.41, 5.74) is 0.754. The average molecular weight is 369 g/mol. The van der Waals surface area contributed by atoms with Gasteiger partial charge in [-0.25, -0.2) is 0 Å². The Morgan fingerprint density at radius 2 is 2.00 bits per heavy atom. The van der Waals surface area contributed by atoms with Gasteiger partial charge in [0.1, 0.15) is 5.75 Å². The third kappa shape index (κ3) is 4.57. The van der Waals surface area contributed by atoms with Crippen molar-refractivity contribution in [2.24, 2.45) is 0 Å². The Morgan fingerprint density at radius 1 is 1.29 bits per heavy atom. The molecule has 0 unspecified atom stereocenters. The van der Waals surface area contributed by atoms with Crippen LogP contribution in [-0.2, 0) is 0 Å². The lowest BCUT2D eigenvalue weighted by molar-refractivity contribution is 0.0949. The van der Waals surface area contributed by atoms with Crippen molar-refractivity contribution < 1.29 is 13.9 Å². The highest BCUT2D eigenvalue weighted by Crippen LogP contribution is 2.16. The van der Waals surface area contributed by atoms with E-state index in [-0.39, 0.29) is 10.9 Å². The second-order valence-corrected chi connectivity index (χ2v) is 5.16. The Labute approximate surface area is 135 Å². The number of ether oxygens (including phenoxy) is 1. The number of carbonyl (C=O) groups excluding carboxylic acids is 1. The molecule has 0 fully saturated rings. The topological polar surface area (TPSA) is 63.5 Å². The maximum atomic E-state index is 11.8. The summed E-state index contributed by atoms with van der Waals surface area (Å²) < 4.78 is 11.0. The van der Waals surface area contributed by atoms with E-state index in [4.69, 9.17) is 21.4 Å². The summed E-state index contributed by atoms with van der Waals surface area (Å²) in [5.74, 6) is 0.542. The molecule has 0 atom stereocenters. The molecule has 0 aliphatic rings. The molecule has 2 N–H and O–H groups in total. The van der Waals surface area contributed by atoms with Crippen LogP contribution in [0.1, 0.15) is 17.5 Å². The Bertz CT molecular complexity index is 640. The maximum absolute atomic E-state index is 11.8. The third-order valence-corrected chi connectivity index (χ3v) is 3.08. The molecule has 110 valence electrons. The van der Waals surface area contributed by atoms with Crippen LogP contribution < -0.4 is 15.4 Å². The van der Waals surface area contributed by atoms with Gasteiger partial charge in [-0.1, -0.05) is 0 Å². The number of furan rings is 1. The number of hydrogen-bond acceptors (Lipinski definition) is 4. The molecule has 1 aromatic carbocycles. The minimum Gasteiger partial charge on any atom is -0.494 e. The van der Waals surface area contributed by atoms with E-state index in [2.05, 4.69) is 26.6 Å². The summed E-state index contributed by atoms with van der Waals surface area (Å²) >= 11 is 8.21. The first kappa shape index (κ1) is 15.5. The van der Waals surface area contributed by atoms with Crippen molar-refractivity contribution in [3.8, 4) is 5.75 Å². The number of rotatable bonds is 4.